The number of anilines is 3. The lowest BCUT2D eigenvalue weighted by molar-refractivity contribution is 0.313. The van der Waals surface area contributed by atoms with E-state index in [9.17, 15) is 0 Å². The van der Waals surface area contributed by atoms with Crippen molar-refractivity contribution in [2.24, 2.45) is 0 Å². The van der Waals surface area contributed by atoms with Gasteiger partial charge in [-0.2, -0.15) is 4.98 Å². The largest absolute Gasteiger partial charge is 0.369 e. The monoisotopic (exact) mass is 485 g/mol. The second kappa shape index (κ2) is 9.87. The summed E-state index contributed by atoms with van der Waals surface area (Å²) < 4.78 is 2.35. The van der Waals surface area contributed by atoms with E-state index in [0.29, 0.717) is 12.0 Å². The number of aromatic nitrogens is 4. The number of rotatable bonds is 6. The quantitative estimate of drug-likeness (QED) is 0.382. The molecule has 35 heavy (non-hydrogen) atoms. The average Bonchev–Trinajstić information content (AvgIpc) is 3.53. The van der Waals surface area contributed by atoms with Gasteiger partial charge in [-0.3, -0.25) is 0 Å². The minimum absolute atomic E-state index is 0.442. The van der Waals surface area contributed by atoms with Crippen LogP contribution in [0.2, 0.25) is 0 Å². The Morgan fingerprint density at radius 1 is 0.886 bits per heavy atom. The number of benzene rings is 2. The third-order valence-corrected chi connectivity index (χ3v) is 8.01. The van der Waals surface area contributed by atoms with E-state index in [-0.39, 0.29) is 0 Å². The maximum atomic E-state index is 4.95. The lowest BCUT2D eigenvalue weighted by Gasteiger charge is -2.34. The Labute approximate surface area is 210 Å². The topological polar surface area (TPSA) is 62.1 Å². The molecule has 1 aliphatic heterocycles. The number of fused-ring (bicyclic) bond motifs is 1. The fourth-order valence-corrected chi connectivity index (χ4v) is 6.02. The predicted molar refractivity (Wildman–Crippen MR) is 143 cm³/mol. The maximum absolute atomic E-state index is 4.95. The molecule has 6 rings (SSSR count). The van der Waals surface area contributed by atoms with Crippen LogP contribution in [0.1, 0.15) is 31.7 Å². The van der Waals surface area contributed by atoms with Gasteiger partial charge in [0.05, 0.1) is 6.20 Å². The van der Waals surface area contributed by atoms with Crippen molar-refractivity contribution in [2.75, 3.05) is 43.4 Å². The number of nitrogens with one attached hydrogen (secondary N) is 1. The Morgan fingerprint density at radius 3 is 2.37 bits per heavy atom. The fourth-order valence-electron chi connectivity index (χ4n) is 5.04. The first-order valence-electron chi connectivity index (χ1n) is 12.5. The van der Waals surface area contributed by atoms with Crippen LogP contribution < -0.4 is 10.2 Å². The molecule has 7 nitrogen and oxygen atoms in total. The van der Waals surface area contributed by atoms with Gasteiger partial charge in [0.1, 0.15) is 5.52 Å². The summed E-state index contributed by atoms with van der Waals surface area (Å²) in [4.78, 5) is 20.5. The minimum Gasteiger partial charge on any atom is -0.369 e. The number of imidazole rings is 1. The highest BCUT2D eigenvalue weighted by Gasteiger charge is 2.24. The number of hydrogen-bond donors (Lipinski definition) is 1. The molecule has 0 amide bonds. The molecule has 1 N–H and O–H groups in total. The molecule has 0 spiro atoms. The van der Waals surface area contributed by atoms with Crippen molar-refractivity contribution in [2.45, 2.75) is 41.8 Å². The molecule has 0 radical (unpaired) electrons. The van der Waals surface area contributed by atoms with Crippen LogP contribution in [0.5, 0.6) is 0 Å². The van der Waals surface area contributed by atoms with Gasteiger partial charge in [0.25, 0.3) is 0 Å². The van der Waals surface area contributed by atoms with Crippen LogP contribution in [-0.4, -0.2) is 57.6 Å². The van der Waals surface area contributed by atoms with Gasteiger partial charge >= 0.3 is 0 Å². The van der Waals surface area contributed by atoms with E-state index in [4.69, 9.17) is 9.97 Å². The van der Waals surface area contributed by atoms with Gasteiger partial charge in [-0.25, -0.2) is 9.97 Å². The van der Waals surface area contributed by atoms with Gasteiger partial charge in [-0.15, -0.1) is 0 Å². The standard InChI is InChI=1S/C27H31N7S/c1-32-15-17-33(18-16-32)21-13-11-20(12-14-21)29-26-28-19-24-25(31-26)34(22-7-5-6-8-22)27(30-24)35-23-9-3-2-4-10-23/h2-4,9-14,19,22H,5-8,15-18H2,1H3,(H,28,29,31). The van der Waals surface area contributed by atoms with Crippen molar-refractivity contribution in [1.82, 2.24) is 24.4 Å². The van der Waals surface area contributed by atoms with Crippen LogP contribution in [0.15, 0.2) is 70.8 Å². The molecule has 180 valence electrons. The molecular weight excluding hydrogens is 454 g/mol. The number of nitrogens with zero attached hydrogens (tertiary/aromatic N) is 6. The summed E-state index contributed by atoms with van der Waals surface area (Å²) in [6, 6.07) is 19.5. The summed E-state index contributed by atoms with van der Waals surface area (Å²) in [6.07, 6.45) is 6.72. The zero-order valence-corrected chi connectivity index (χ0v) is 20.9. The van der Waals surface area contributed by atoms with E-state index in [1.54, 1.807) is 11.8 Å². The van der Waals surface area contributed by atoms with Crippen LogP contribution in [0.25, 0.3) is 11.2 Å². The Balaban J connectivity index is 1.26. The second-order valence-corrected chi connectivity index (χ2v) is 10.5. The predicted octanol–water partition coefficient (Wildman–Crippen LogP) is 5.59. The minimum atomic E-state index is 0.442. The van der Waals surface area contributed by atoms with Gasteiger partial charge in [0.15, 0.2) is 10.8 Å². The molecule has 2 aliphatic rings. The molecule has 2 aromatic heterocycles. The van der Waals surface area contributed by atoms with Gasteiger partial charge < -0.3 is 19.7 Å². The SMILES string of the molecule is CN1CCN(c2ccc(Nc3ncc4nc(Sc5ccccc5)n(C5CCCC5)c4n3)cc2)CC1. The highest BCUT2D eigenvalue weighted by atomic mass is 32.2. The summed E-state index contributed by atoms with van der Waals surface area (Å²) >= 11 is 1.71. The molecule has 0 atom stereocenters. The number of piperazine rings is 1. The van der Waals surface area contributed by atoms with Crippen molar-refractivity contribution >= 4 is 40.2 Å². The van der Waals surface area contributed by atoms with Gasteiger partial charge in [-0.05, 0) is 56.3 Å². The summed E-state index contributed by atoms with van der Waals surface area (Å²) in [6.45, 7) is 4.34. The third-order valence-electron chi connectivity index (χ3n) is 7.03. The molecule has 1 saturated carbocycles. The van der Waals surface area contributed by atoms with E-state index in [2.05, 4.69) is 80.2 Å². The molecule has 3 heterocycles. The van der Waals surface area contributed by atoms with Crippen LogP contribution in [0, 0.1) is 0 Å². The summed E-state index contributed by atoms with van der Waals surface area (Å²) in [5.41, 5.74) is 4.03. The van der Waals surface area contributed by atoms with Gasteiger partial charge in [0, 0.05) is 48.5 Å². The van der Waals surface area contributed by atoms with Crippen molar-refractivity contribution in [3.8, 4) is 0 Å². The lowest BCUT2D eigenvalue weighted by atomic mass is 10.2. The molecule has 1 aliphatic carbocycles. The smallest absolute Gasteiger partial charge is 0.229 e. The van der Waals surface area contributed by atoms with Crippen LogP contribution >= 0.6 is 11.8 Å². The van der Waals surface area contributed by atoms with E-state index < -0.39 is 0 Å². The van der Waals surface area contributed by atoms with Crippen molar-refractivity contribution < 1.29 is 0 Å². The van der Waals surface area contributed by atoms with Crippen molar-refractivity contribution in [3.63, 3.8) is 0 Å². The van der Waals surface area contributed by atoms with E-state index in [0.717, 1.165) is 48.2 Å². The van der Waals surface area contributed by atoms with E-state index >= 15 is 0 Å². The van der Waals surface area contributed by atoms with Gasteiger partial charge in [-0.1, -0.05) is 42.8 Å². The highest BCUT2D eigenvalue weighted by molar-refractivity contribution is 7.99. The van der Waals surface area contributed by atoms with Crippen molar-refractivity contribution in [3.05, 3.63) is 60.8 Å². The molecule has 0 bridgehead atoms. The van der Waals surface area contributed by atoms with Crippen LogP contribution in [-0.2, 0) is 0 Å². The zero-order chi connectivity index (χ0) is 23.6. The normalized spacial score (nSPS) is 17.3. The molecule has 2 aromatic carbocycles. The third kappa shape index (κ3) is 4.86. The first-order chi connectivity index (χ1) is 17.2. The average molecular weight is 486 g/mol. The molecule has 8 heteroatoms. The Kier molecular flexibility index (Phi) is 6.31. The molecule has 0 unspecified atom stereocenters. The van der Waals surface area contributed by atoms with Crippen molar-refractivity contribution in [1.29, 1.82) is 0 Å². The summed E-state index contributed by atoms with van der Waals surface area (Å²) in [5, 5.41) is 4.41. The number of hydrogen-bond acceptors (Lipinski definition) is 7. The molecular formula is C27H31N7S. The fraction of sp³-hybridized carbons (Fsp3) is 0.370. The van der Waals surface area contributed by atoms with Crippen LogP contribution in [0.3, 0.4) is 0 Å². The Bertz CT molecular complexity index is 1270. The first kappa shape index (κ1) is 22.4. The summed E-state index contributed by atoms with van der Waals surface area (Å²) in [5.74, 6) is 0.611. The highest BCUT2D eigenvalue weighted by Crippen LogP contribution is 2.38. The van der Waals surface area contributed by atoms with E-state index in [1.807, 2.05) is 12.3 Å². The Morgan fingerprint density at radius 2 is 1.63 bits per heavy atom. The molecule has 4 aromatic rings. The number of likely N-dealkylation sites (N-methyl/N-ethyl adjacent to an activating group) is 1. The molecule has 1 saturated heterocycles. The zero-order valence-electron chi connectivity index (χ0n) is 20.1. The van der Waals surface area contributed by atoms with Gasteiger partial charge in [0.2, 0.25) is 5.95 Å². The second-order valence-electron chi connectivity index (χ2n) is 9.48. The maximum Gasteiger partial charge on any atom is 0.229 e. The van der Waals surface area contributed by atoms with E-state index in [1.165, 1.54) is 36.3 Å². The Hall–Kier alpha value is -3.10. The van der Waals surface area contributed by atoms with Crippen LogP contribution in [0.4, 0.5) is 17.3 Å². The molecule has 2 fully saturated rings. The first-order valence-corrected chi connectivity index (χ1v) is 13.3. The lowest BCUT2D eigenvalue weighted by Crippen LogP contribution is -2.44. The summed E-state index contributed by atoms with van der Waals surface area (Å²) in [7, 11) is 2.18.